The molecule has 0 spiro atoms. The van der Waals surface area contributed by atoms with E-state index in [1.807, 2.05) is 0 Å². The number of rotatable bonds is 2. The number of hydrogen-bond donors (Lipinski definition) is 2. The largest absolute Gasteiger partial charge is 0.433 e. The molecule has 1 aliphatic heterocycles. The summed E-state index contributed by atoms with van der Waals surface area (Å²) in [5.74, 6) is -0.0696. The van der Waals surface area contributed by atoms with Crippen LogP contribution in [-0.2, 0) is 19.1 Å². The van der Waals surface area contributed by atoms with Crippen LogP contribution < -0.4 is 10.6 Å². The Hall–Kier alpha value is -2.58. The van der Waals surface area contributed by atoms with Crippen LogP contribution in [0.15, 0.2) is 30.5 Å². The number of aryl methyl sites for hydroxylation is 1. The first-order valence-corrected chi connectivity index (χ1v) is 7.27. The van der Waals surface area contributed by atoms with Crippen molar-refractivity contribution in [3.8, 4) is 0 Å². The van der Waals surface area contributed by atoms with Gasteiger partial charge in [0.1, 0.15) is 17.3 Å². The van der Waals surface area contributed by atoms with E-state index in [1.54, 1.807) is 0 Å². The molecule has 1 aromatic carbocycles. The summed E-state index contributed by atoms with van der Waals surface area (Å²) in [6, 6.07) is 4.18. The van der Waals surface area contributed by atoms with Crippen LogP contribution in [0, 0.1) is 5.82 Å². The second-order valence-corrected chi connectivity index (χ2v) is 5.51. The highest BCUT2D eigenvalue weighted by Crippen LogP contribution is 2.31. The SMILES string of the molecule is O=C(Nc1ccc(F)cc1)NC1CCc2ncc(C(F)(F)F)n2C1. The van der Waals surface area contributed by atoms with Crippen LogP contribution in [0.2, 0.25) is 0 Å². The molecule has 128 valence electrons. The molecule has 2 aromatic rings. The molecule has 1 atom stereocenters. The summed E-state index contributed by atoms with van der Waals surface area (Å²) in [5.41, 5.74) is -0.424. The maximum atomic E-state index is 12.9. The molecule has 2 heterocycles. The van der Waals surface area contributed by atoms with Crippen LogP contribution in [-0.4, -0.2) is 21.6 Å². The van der Waals surface area contributed by atoms with Gasteiger partial charge in [0, 0.05) is 24.7 Å². The lowest BCUT2D eigenvalue weighted by atomic mass is 10.1. The lowest BCUT2D eigenvalue weighted by molar-refractivity contribution is -0.144. The Labute approximate surface area is 134 Å². The molecule has 0 saturated carbocycles. The molecule has 0 bridgehead atoms. The van der Waals surface area contributed by atoms with E-state index in [1.165, 1.54) is 24.3 Å². The zero-order chi connectivity index (χ0) is 17.3. The highest BCUT2D eigenvalue weighted by atomic mass is 19.4. The Kier molecular flexibility index (Phi) is 4.16. The maximum Gasteiger partial charge on any atom is 0.433 e. The van der Waals surface area contributed by atoms with Crippen LogP contribution in [0.3, 0.4) is 0 Å². The molecule has 2 N–H and O–H groups in total. The molecule has 2 amide bonds. The van der Waals surface area contributed by atoms with Crippen molar-refractivity contribution in [1.29, 1.82) is 0 Å². The van der Waals surface area contributed by atoms with Crippen molar-refractivity contribution < 1.29 is 22.4 Å². The van der Waals surface area contributed by atoms with Gasteiger partial charge in [-0.3, -0.25) is 0 Å². The number of nitrogens with one attached hydrogen (secondary N) is 2. The number of imidazole rings is 1. The molecule has 9 heteroatoms. The average molecular weight is 342 g/mol. The minimum absolute atomic E-state index is 0.00101. The molecular weight excluding hydrogens is 328 g/mol. The van der Waals surface area contributed by atoms with Gasteiger partial charge in [0.05, 0.1) is 6.20 Å². The maximum absolute atomic E-state index is 12.9. The number of nitrogens with zero attached hydrogens (tertiary/aromatic N) is 2. The Morgan fingerprint density at radius 2 is 1.96 bits per heavy atom. The van der Waals surface area contributed by atoms with Gasteiger partial charge in [-0.2, -0.15) is 13.2 Å². The average Bonchev–Trinajstić information content (AvgIpc) is 2.93. The zero-order valence-corrected chi connectivity index (χ0v) is 12.4. The summed E-state index contributed by atoms with van der Waals surface area (Å²) < 4.78 is 52.7. The van der Waals surface area contributed by atoms with Crippen molar-refractivity contribution in [2.75, 3.05) is 5.32 Å². The fourth-order valence-electron chi connectivity index (χ4n) is 2.66. The van der Waals surface area contributed by atoms with Crippen molar-refractivity contribution in [2.24, 2.45) is 0 Å². The number of aromatic nitrogens is 2. The summed E-state index contributed by atoms with van der Waals surface area (Å²) in [6.07, 6.45) is -2.83. The van der Waals surface area contributed by atoms with Gasteiger partial charge in [-0.1, -0.05) is 0 Å². The van der Waals surface area contributed by atoms with E-state index in [0.29, 0.717) is 24.4 Å². The topological polar surface area (TPSA) is 59.0 Å². The zero-order valence-electron chi connectivity index (χ0n) is 12.4. The number of hydrogen-bond acceptors (Lipinski definition) is 2. The molecule has 0 fully saturated rings. The number of urea groups is 1. The van der Waals surface area contributed by atoms with Gasteiger partial charge in [0.25, 0.3) is 0 Å². The Morgan fingerprint density at radius 1 is 1.25 bits per heavy atom. The smallest absolute Gasteiger partial charge is 0.333 e. The van der Waals surface area contributed by atoms with Crippen LogP contribution in [0.4, 0.5) is 28.0 Å². The quantitative estimate of drug-likeness (QED) is 0.824. The van der Waals surface area contributed by atoms with Gasteiger partial charge in [-0.25, -0.2) is 14.2 Å². The molecular formula is C15H14F4N4O. The first kappa shape index (κ1) is 16.3. The highest BCUT2D eigenvalue weighted by molar-refractivity contribution is 5.89. The number of carbonyl (C=O) groups is 1. The number of anilines is 1. The van der Waals surface area contributed by atoms with Gasteiger partial charge in [-0.15, -0.1) is 0 Å². The van der Waals surface area contributed by atoms with Crippen LogP contribution >= 0.6 is 0 Å². The van der Waals surface area contributed by atoms with Crippen molar-refractivity contribution >= 4 is 11.7 Å². The molecule has 0 aliphatic carbocycles. The first-order chi connectivity index (χ1) is 11.3. The van der Waals surface area contributed by atoms with E-state index in [-0.39, 0.29) is 6.54 Å². The number of carbonyl (C=O) groups excluding carboxylic acids is 1. The van der Waals surface area contributed by atoms with Crippen molar-refractivity contribution in [3.05, 3.63) is 47.8 Å². The Bertz CT molecular complexity index is 739. The molecule has 5 nitrogen and oxygen atoms in total. The van der Waals surface area contributed by atoms with Gasteiger partial charge in [-0.05, 0) is 30.7 Å². The molecule has 0 radical (unpaired) electrons. The van der Waals surface area contributed by atoms with Gasteiger partial charge < -0.3 is 15.2 Å². The summed E-state index contributed by atoms with van der Waals surface area (Å²) in [7, 11) is 0. The third kappa shape index (κ3) is 3.50. The highest BCUT2D eigenvalue weighted by Gasteiger charge is 2.37. The number of benzene rings is 1. The normalized spacial score (nSPS) is 17.2. The van der Waals surface area contributed by atoms with Crippen molar-refractivity contribution in [2.45, 2.75) is 31.6 Å². The molecule has 1 aliphatic rings. The fourth-order valence-corrected chi connectivity index (χ4v) is 2.66. The number of fused-ring (bicyclic) bond motifs is 1. The second kappa shape index (κ2) is 6.14. The third-order valence-electron chi connectivity index (χ3n) is 3.79. The Balaban J connectivity index is 1.64. The van der Waals surface area contributed by atoms with Crippen molar-refractivity contribution in [3.63, 3.8) is 0 Å². The lowest BCUT2D eigenvalue weighted by Gasteiger charge is -2.26. The predicted molar refractivity (Wildman–Crippen MR) is 77.9 cm³/mol. The van der Waals surface area contributed by atoms with Gasteiger partial charge in [0.2, 0.25) is 0 Å². The molecule has 3 rings (SSSR count). The predicted octanol–water partition coefficient (Wildman–Crippen LogP) is 3.18. The minimum atomic E-state index is -4.48. The third-order valence-corrected chi connectivity index (χ3v) is 3.79. The van der Waals surface area contributed by atoms with Crippen molar-refractivity contribution in [1.82, 2.24) is 14.9 Å². The van der Waals surface area contributed by atoms with E-state index in [2.05, 4.69) is 15.6 Å². The van der Waals surface area contributed by atoms with E-state index in [9.17, 15) is 22.4 Å². The lowest BCUT2D eigenvalue weighted by Crippen LogP contribution is -2.43. The van der Waals surface area contributed by atoms with Crippen LogP contribution in [0.5, 0.6) is 0 Å². The number of halogens is 4. The van der Waals surface area contributed by atoms with E-state index in [4.69, 9.17) is 0 Å². The van der Waals surface area contributed by atoms with Crippen LogP contribution in [0.1, 0.15) is 17.9 Å². The van der Waals surface area contributed by atoms with Gasteiger partial charge >= 0.3 is 12.2 Å². The number of amides is 2. The fraction of sp³-hybridized carbons (Fsp3) is 0.333. The summed E-state index contributed by atoms with van der Waals surface area (Å²) in [5, 5.41) is 5.15. The first-order valence-electron chi connectivity index (χ1n) is 7.27. The minimum Gasteiger partial charge on any atom is -0.333 e. The Morgan fingerprint density at radius 3 is 2.62 bits per heavy atom. The van der Waals surface area contributed by atoms with Crippen LogP contribution in [0.25, 0.3) is 0 Å². The number of alkyl halides is 3. The molecule has 1 unspecified atom stereocenters. The second-order valence-electron chi connectivity index (χ2n) is 5.51. The van der Waals surface area contributed by atoms with Gasteiger partial charge in [0.15, 0.2) is 0 Å². The summed E-state index contributed by atoms with van der Waals surface area (Å²) in [4.78, 5) is 15.7. The molecule has 24 heavy (non-hydrogen) atoms. The molecule has 0 saturated heterocycles. The molecule has 1 aromatic heterocycles. The summed E-state index contributed by atoms with van der Waals surface area (Å²) >= 11 is 0. The standard InChI is InChI=1S/C15H14F4N4O/c16-9-1-3-10(4-2-9)21-14(24)22-11-5-6-13-20-7-12(15(17,18)19)23(13)8-11/h1-4,7,11H,5-6,8H2,(H2,21,22,24). The summed E-state index contributed by atoms with van der Waals surface area (Å²) in [6.45, 7) is 0.00101. The van der Waals surface area contributed by atoms with E-state index in [0.717, 1.165) is 10.8 Å². The monoisotopic (exact) mass is 342 g/mol. The van der Waals surface area contributed by atoms with E-state index >= 15 is 0 Å². The van der Waals surface area contributed by atoms with E-state index < -0.39 is 29.8 Å².